The number of hydrogen-bond acceptors (Lipinski definition) is 5. The Morgan fingerprint density at radius 2 is 2.29 bits per heavy atom. The number of benzene rings is 1. The van der Waals surface area contributed by atoms with Crippen LogP contribution < -0.4 is 5.32 Å². The molecule has 3 N–H and O–H groups in total. The van der Waals surface area contributed by atoms with Crippen LogP contribution in [0.3, 0.4) is 0 Å². The van der Waals surface area contributed by atoms with Crippen LogP contribution in [0, 0.1) is 0 Å². The summed E-state index contributed by atoms with van der Waals surface area (Å²) in [6.45, 7) is 4.03. The van der Waals surface area contributed by atoms with Crippen molar-refractivity contribution in [2.45, 2.75) is 20.0 Å². The molecule has 1 heterocycles. The number of rotatable bonds is 6. The minimum Gasteiger partial charge on any atom is -0.462 e. The normalized spacial score (nSPS) is 13.2. The first-order valence-corrected chi connectivity index (χ1v) is 6.85. The Balaban J connectivity index is 2.31. The van der Waals surface area contributed by atoms with Crippen molar-refractivity contribution in [3.05, 3.63) is 36.3 Å². The second-order valence-electron chi connectivity index (χ2n) is 4.64. The fraction of sp³-hybridized carbons (Fsp3) is 0.333. The van der Waals surface area contributed by atoms with Crippen molar-refractivity contribution >= 4 is 22.6 Å². The van der Waals surface area contributed by atoms with Crippen LogP contribution in [0.2, 0.25) is 0 Å². The standard InChI is InChI=1S/C15H19N3O3/c1-3-21-15(20)11(9-16-8-10(2)19)14-17-12-6-4-5-7-13(12)18-14/h4-7,9-10,16,19H,3,8H2,1-2H3,(H,17,18)/b11-9-/t10-/m1/s1. The third-order valence-corrected chi connectivity index (χ3v) is 2.80. The quantitative estimate of drug-likeness (QED) is 0.553. The second kappa shape index (κ2) is 6.90. The van der Waals surface area contributed by atoms with E-state index in [-0.39, 0.29) is 6.61 Å². The van der Waals surface area contributed by atoms with Crippen molar-refractivity contribution in [1.82, 2.24) is 15.3 Å². The van der Waals surface area contributed by atoms with Gasteiger partial charge in [0.2, 0.25) is 0 Å². The first-order valence-electron chi connectivity index (χ1n) is 6.85. The Bertz CT molecular complexity index is 613. The summed E-state index contributed by atoms with van der Waals surface area (Å²) in [4.78, 5) is 19.5. The average Bonchev–Trinajstić information content (AvgIpc) is 2.86. The Labute approximate surface area is 122 Å². The molecule has 2 rings (SSSR count). The van der Waals surface area contributed by atoms with Gasteiger partial charge >= 0.3 is 5.97 Å². The summed E-state index contributed by atoms with van der Waals surface area (Å²) < 4.78 is 5.04. The van der Waals surface area contributed by atoms with Gasteiger partial charge in [-0.1, -0.05) is 12.1 Å². The van der Waals surface area contributed by atoms with Crippen LogP contribution in [0.25, 0.3) is 16.6 Å². The zero-order chi connectivity index (χ0) is 15.2. The monoisotopic (exact) mass is 289 g/mol. The molecule has 1 aromatic carbocycles. The maximum Gasteiger partial charge on any atom is 0.343 e. The molecule has 0 amide bonds. The number of aromatic amines is 1. The van der Waals surface area contributed by atoms with E-state index in [1.165, 1.54) is 6.20 Å². The predicted octanol–water partition coefficient (Wildman–Crippen LogP) is 1.44. The van der Waals surface area contributed by atoms with Crippen LogP contribution in [0.5, 0.6) is 0 Å². The number of nitrogens with one attached hydrogen (secondary N) is 2. The van der Waals surface area contributed by atoms with E-state index < -0.39 is 12.1 Å². The van der Waals surface area contributed by atoms with Crippen molar-refractivity contribution in [1.29, 1.82) is 0 Å². The maximum absolute atomic E-state index is 12.0. The van der Waals surface area contributed by atoms with E-state index in [2.05, 4.69) is 15.3 Å². The van der Waals surface area contributed by atoms with E-state index in [1.54, 1.807) is 13.8 Å². The number of aliphatic hydroxyl groups excluding tert-OH is 1. The molecular weight excluding hydrogens is 270 g/mol. The number of aliphatic hydroxyl groups is 1. The number of hydrogen-bond donors (Lipinski definition) is 3. The van der Waals surface area contributed by atoms with Crippen LogP contribution in [-0.2, 0) is 9.53 Å². The summed E-state index contributed by atoms with van der Waals surface area (Å²) in [5, 5.41) is 12.2. The molecule has 0 saturated carbocycles. The van der Waals surface area contributed by atoms with Gasteiger partial charge in [0, 0.05) is 12.7 Å². The first kappa shape index (κ1) is 15.1. The zero-order valence-corrected chi connectivity index (χ0v) is 12.1. The predicted molar refractivity (Wildman–Crippen MR) is 80.4 cm³/mol. The van der Waals surface area contributed by atoms with Gasteiger partial charge < -0.3 is 20.1 Å². The highest BCUT2D eigenvalue weighted by atomic mass is 16.5. The van der Waals surface area contributed by atoms with Crippen LogP contribution in [0.1, 0.15) is 19.7 Å². The highest BCUT2D eigenvalue weighted by molar-refractivity contribution is 6.15. The minimum absolute atomic E-state index is 0.285. The van der Waals surface area contributed by atoms with Gasteiger partial charge in [-0.2, -0.15) is 0 Å². The first-order chi connectivity index (χ1) is 10.1. The summed E-state index contributed by atoms with van der Waals surface area (Å²) in [6, 6.07) is 7.52. The highest BCUT2D eigenvalue weighted by Crippen LogP contribution is 2.17. The fourth-order valence-electron chi connectivity index (χ4n) is 1.84. The van der Waals surface area contributed by atoms with E-state index in [1.807, 2.05) is 24.3 Å². The third kappa shape index (κ3) is 3.82. The molecule has 0 aliphatic carbocycles. The van der Waals surface area contributed by atoms with Crippen molar-refractivity contribution in [2.75, 3.05) is 13.2 Å². The van der Waals surface area contributed by atoms with Crippen molar-refractivity contribution in [3.63, 3.8) is 0 Å². The molecule has 1 aromatic heterocycles. The fourth-order valence-corrected chi connectivity index (χ4v) is 1.84. The van der Waals surface area contributed by atoms with Crippen LogP contribution in [0.4, 0.5) is 0 Å². The van der Waals surface area contributed by atoms with E-state index in [9.17, 15) is 9.90 Å². The number of nitrogens with zero attached hydrogens (tertiary/aromatic N) is 1. The van der Waals surface area contributed by atoms with Crippen LogP contribution in [-0.4, -0.2) is 40.3 Å². The smallest absolute Gasteiger partial charge is 0.343 e. The summed E-state index contributed by atoms with van der Waals surface area (Å²) in [7, 11) is 0. The molecule has 0 aliphatic heterocycles. The Hall–Kier alpha value is -2.34. The Morgan fingerprint density at radius 1 is 1.52 bits per heavy atom. The number of ether oxygens (including phenoxy) is 1. The Kier molecular flexibility index (Phi) is 4.94. The topological polar surface area (TPSA) is 87.2 Å². The van der Waals surface area contributed by atoms with Gasteiger partial charge in [0.05, 0.1) is 23.7 Å². The number of aromatic nitrogens is 2. The van der Waals surface area contributed by atoms with Gasteiger partial charge in [-0.25, -0.2) is 9.78 Å². The lowest BCUT2D eigenvalue weighted by atomic mass is 10.2. The van der Waals surface area contributed by atoms with Crippen molar-refractivity contribution in [3.8, 4) is 0 Å². The number of esters is 1. The van der Waals surface area contributed by atoms with Crippen LogP contribution >= 0.6 is 0 Å². The van der Waals surface area contributed by atoms with Gasteiger partial charge in [-0.15, -0.1) is 0 Å². The highest BCUT2D eigenvalue weighted by Gasteiger charge is 2.17. The van der Waals surface area contributed by atoms with Gasteiger partial charge in [-0.05, 0) is 26.0 Å². The van der Waals surface area contributed by atoms with Crippen molar-refractivity contribution < 1.29 is 14.6 Å². The van der Waals surface area contributed by atoms with Gasteiger partial charge in [-0.3, -0.25) is 0 Å². The molecule has 0 aliphatic rings. The maximum atomic E-state index is 12.0. The summed E-state index contributed by atoms with van der Waals surface area (Å²) in [6.07, 6.45) is 1.00. The lowest BCUT2D eigenvalue weighted by molar-refractivity contribution is -0.136. The van der Waals surface area contributed by atoms with E-state index in [0.29, 0.717) is 17.9 Å². The number of carbonyl (C=O) groups is 1. The van der Waals surface area contributed by atoms with E-state index >= 15 is 0 Å². The molecule has 21 heavy (non-hydrogen) atoms. The Morgan fingerprint density at radius 3 is 2.95 bits per heavy atom. The summed E-state index contributed by atoms with van der Waals surface area (Å²) in [5.41, 5.74) is 1.92. The largest absolute Gasteiger partial charge is 0.462 e. The molecule has 6 heteroatoms. The van der Waals surface area contributed by atoms with Gasteiger partial charge in [0.1, 0.15) is 11.4 Å². The molecule has 0 bridgehead atoms. The molecule has 1 atom stereocenters. The number of para-hydroxylation sites is 2. The zero-order valence-electron chi connectivity index (χ0n) is 12.1. The molecule has 2 aromatic rings. The molecule has 0 unspecified atom stereocenters. The average molecular weight is 289 g/mol. The third-order valence-electron chi connectivity index (χ3n) is 2.80. The minimum atomic E-state index is -0.514. The van der Waals surface area contributed by atoms with Crippen LogP contribution in [0.15, 0.2) is 30.5 Å². The number of imidazole rings is 1. The molecule has 0 radical (unpaired) electrons. The summed E-state index contributed by atoms with van der Waals surface area (Å²) >= 11 is 0. The molecule has 112 valence electrons. The molecule has 0 saturated heterocycles. The molecule has 0 spiro atoms. The number of fused-ring (bicyclic) bond motifs is 1. The van der Waals surface area contributed by atoms with Gasteiger partial charge in [0.25, 0.3) is 0 Å². The SMILES string of the molecule is CCOC(=O)/C(=C\NC[C@@H](C)O)c1nc2ccccc2[nH]1. The van der Waals surface area contributed by atoms with E-state index in [0.717, 1.165) is 11.0 Å². The van der Waals surface area contributed by atoms with E-state index in [4.69, 9.17) is 4.74 Å². The van der Waals surface area contributed by atoms with Gasteiger partial charge in [0.15, 0.2) is 0 Å². The molecule has 6 nitrogen and oxygen atoms in total. The summed E-state index contributed by atoms with van der Waals surface area (Å²) in [5.74, 6) is -0.0256. The second-order valence-corrected chi connectivity index (χ2v) is 4.64. The lowest BCUT2D eigenvalue weighted by Crippen LogP contribution is -2.21. The lowest BCUT2D eigenvalue weighted by Gasteiger charge is -2.07. The number of H-pyrrole nitrogens is 1. The molecular formula is C15H19N3O3. The number of carbonyl (C=O) groups excluding carboxylic acids is 1. The van der Waals surface area contributed by atoms with Crippen molar-refractivity contribution in [2.24, 2.45) is 0 Å². The molecule has 0 fully saturated rings.